The molecule has 0 radical (unpaired) electrons. The summed E-state index contributed by atoms with van der Waals surface area (Å²) in [5.41, 5.74) is 4.33. The van der Waals surface area contributed by atoms with Gasteiger partial charge in [-0.15, -0.1) is 10.2 Å². The van der Waals surface area contributed by atoms with Crippen LogP contribution in [0.4, 0.5) is 0 Å². The predicted octanol–water partition coefficient (Wildman–Crippen LogP) is 4.34. The second-order valence-electron chi connectivity index (χ2n) is 7.02. The van der Waals surface area contributed by atoms with E-state index in [9.17, 15) is 4.79 Å². The van der Waals surface area contributed by atoms with Crippen molar-refractivity contribution in [2.45, 2.75) is 51.7 Å². The summed E-state index contributed by atoms with van der Waals surface area (Å²) in [5, 5.41) is 12.6. The van der Waals surface area contributed by atoms with E-state index in [4.69, 9.17) is 0 Å². The molecule has 0 bridgehead atoms. The van der Waals surface area contributed by atoms with Gasteiger partial charge in [0.2, 0.25) is 5.91 Å². The molecule has 0 spiro atoms. The largest absolute Gasteiger partial charge is 0.353 e. The van der Waals surface area contributed by atoms with Crippen molar-refractivity contribution >= 4 is 17.7 Å². The van der Waals surface area contributed by atoms with Gasteiger partial charge in [0.1, 0.15) is 0 Å². The molecular formula is C22H27N5OS. The van der Waals surface area contributed by atoms with E-state index in [0.29, 0.717) is 10.9 Å². The molecule has 0 saturated carbocycles. The smallest absolute Gasteiger partial charge is 0.230 e. The zero-order valence-electron chi connectivity index (χ0n) is 17.3. The fourth-order valence-corrected chi connectivity index (χ4v) is 3.80. The van der Waals surface area contributed by atoms with Crippen molar-refractivity contribution in [3.63, 3.8) is 0 Å². The Bertz CT molecular complexity index is 967. The summed E-state index contributed by atoms with van der Waals surface area (Å²) in [4.78, 5) is 16.5. The highest BCUT2D eigenvalue weighted by Gasteiger charge is 2.18. The standard InChI is InChI=1S/C22H27N5OS/c1-5-18(6-2)24-20(28)14-29-22-26-25-21(17-9-11-23-12-10-17)27(22)19-8-7-15(3)16(4)13-19/h7-13,18H,5-6,14H2,1-4H3,(H,24,28). The van der Waals surface area contributed by atoms with E-state index in [1.807, 2.05) is 16.7 Å². The predicted molar refractivity (Wildman–Crippen MR) is 117 cm³/mol. The summed E-state index contributed by atoms with van der Waals surface area (Å²) < 4.78 is 2.01. The van der Waals surface area contributed by atoms with E-state index in [0.717, 1.165) is 29.9 Å². The number of rotatable bonds is 8. The number of carbonyl (C=O) groups excluding carboxylic acids is 1. The van der Waals surface area contributed by atoms with Crippen molar-refractivity contribution in [2.24, 2.45) is 0 Å². The van der Waals surface area contributed by atoms with Gasteiger partial charge in [-0.3, -0.25) is 14.3 Å². The van der Waals surface area contributed by atoms with Crippen molar-refractivity contribution in [3.05, 3.63) is 53.9 Å². The van der Waals surface area contributed by atoms with Gasteiger partial charge in [-0.05, 0) is 62.1 Å². The lowest BCUT2D eigenvalue weighted by atomic mass is 10.1. The number of amides is 1. The Morgan fingerprint density at radius 1 is 1.07 bits per heavy atom. The third kappa shape index (κ3) is 5.03. The zero-order chi connectivity index (χ0) is 20.8. The fraction of sp³-hybridized carbons (Fsp3) is 0.364. The molecule has 1 amide bonds. The molecule has 3 aromatic rings. The molecule has 0 aliphatic rings. The first kappa shape index (κ1) is 21.0. The summed E-state index contributed by atoms with van der Waals surface area (Å²) in [6.07, 6.45) is 5.34. The second kappa shape index (κ2) is 9.69. The van der Waals surface area contributed by atoms with Gasteiger partial charge in [-0.2, -0.15) is 0 Å². The first-order chi connectivity index (χ1) is 14.0. The Kier molecular flexibility index (Phi) is 7.04. The lowest BCUT2D eigenvalue weighted by Gasteiger charge is -2.15. The molecule has 7 heteroatoms. The fourth-order valence-electron chi connectivity index (χ4n) is 3.04. The Morgan fingerprint density at radius 3 is 2.45 bits per heavy atom. The third-order valence-corrected chi connectivity index (χ3v) is 5.93. The van der Waals surface area contributed by atoms with Crippen LogP contribution < -0.4 is 5.32 Å². The minimum atomic E-state index is 0.0174. The number of aromatic nitrogens is 4. The monoisotopic (exact) mass is 409 g/mol. The van der Waals surface area contributed by atoms with Gasteiger partial charge in [-0.1, -0.05) is 31.7 Å². The topological polar surface area (TPSA) is 72.7 Å². The molecule has 29 heavy (non-hydrogen) atoms. The van der Waals surface area contributed by atoms with E-state index in [2.05, 4.69) is 66.4 Å². The number of pyridine rings is 1. The highest BCUT2D eigenvalue weighted by atomic mass is 32.2. The van der Waals surface area contributed by atoms with Gasteiger partial charge < -0.3 is 5.32 Å². The molecule has 1 N–H and O–H groups in total. The van der Waals surface area contributed by atoms with Gasteiger partial charge in [0.15, 0.2) is 11.0 Å². The normalized spacial score (nSPS) is 11.1. The van der Waals surface area contributed by atoms with E-state index in [1.165, 1.54) is 22.9 Å². The zero-order valence-corrected chi connectivity index (χ0v) is 18.2. The molecular weight excluding hydrogens is 382 g/mol. The molecule has 1 aromatic carbocycles. The quantitative estimate of drug-likeness (QED) is 0.560. The summed E-state index contributed by atoms with van der Waals surface area (Å²) in [6, 6.07) is 10.3. The van der Waals surface area contributed by atoms with Crippen LogP contribution in [0.5, 0.6) is 0 Å². The van der Waals surface area contributed by atoms with E-state index in [1.54, 1.807) is 12.4 Å². The average molecular weight is 410 g/mol. The molecule has 3 rings (SSSR count). The Labute approximate surface area is 176 Å². The van der Waals surface area contributed by atoms with Crippen LogP contribution in [0.15, 0.2) is 47.9 Å². The molecule has 6 nitrogen and oxygen atoms in total. The number of nitrogens with zero attached hydrogens (tertiary/aromatic N) is 4. The number of hydrogen-bond acceptors (Lipinski definition) is 5. The van der Waals surface area contributed by atoms with Crippen LogP contribution in [0, 0.1) is 13.8 Å². The maximum absolute atomic E-state index is 12.4. The SMILES string of the molecule is CCC(CC)NC(=O)CSc1nnc(-c2ccncc2)n1-c1ccc(C)c(C)c1. The Balaban J connectivity index is 1.92. The summed E-state index contributed by atoms with van der Waals surface area (Å²) in [6.45, 7) is 8.34. The van der Waals surface area contributed by atoms with Crippen molar-refractivity contribution in [2.75, 3.05) is 5.75 Å². The summed E-state index contributed by atoms with van der Waals surface area (Å²) in [5.74, 6) is 1.05. The van der Waals surface area contributed by atoms with Crippen LogP contribution in [0.1, 0.15) is 37.8 Å². The van der Waals surface area contributed by atoms with Crippen LogP contribution >= 0.6 is 11.8 Å². The molecule has 2 heterocycles. The highest BCUT2D eigenvalue weighted by Crippen LogP contribution is 2.28. The maximum atomic E-state index is 12.4. The average Bonchev–Trinajstić information content (AvgIpc) is 3.17. The van der Waals surface area contributed by atoms with E-state index in [-0.39, 0.29) is 11.9 Å². The summed E-state index contributed by atoms with van der Waals surface area (Å²) >= 11 is 1.40. The molecule has 0 unspecified atom stereocenters. The number of hydrogen-bond donors (Lipinski definition) is 1. The maximum Gasteiger partial charge on any atom is 0.230 e. The van der Waals surface area contributed by atoms with Crippen molar-refractivity contribution in [1.82, 2.24) is 25.1 Å². The highest BCUT2D eigenvalue weighted by molar-refractivity contribution is 7.99. The number of carbonyl (C=O) groups is 1. The summed E-state index contributed by atoms with van der Waals surface area (Å²) in [7, 11) is 0. The van der Waals surface area contributed by atoms with Gasteiger partial charge in [0, 0.05) is 24.0 Å². The van der Waals surface area contributed by atoms with E-state index >= 15 is 0 Å². The molecule has 0 fully saturated rings. The Hall–Kier alpha value is -2.67. The van der Waals surface area contributed by atoms with E-state index < -0.39 is 0 Å². The van der Waals surface area contributed by atoms with Crippen molar-refractivity contribution < 1.29 is 4.79 Å². The van der Waals surface area contributed by atoms with Gasteiger partial charge in [0.05, 0.1) is 11.4 Å². The number of thioether (sulfide) groups is 1. The minimum absolute atomic E-state index is 0.0174. The van der Waals surface area contributed by atoms with Crippen LogP contribution in [0.25, 0.3) is 17.1 Å². The van der Waals surface area contributed by atoms with Crippen molar-refractivity contribution in [3.8, 4) is 17.1 Å². The lowest BCUT2D eigenvalue weighted by molar-refractivity contribution is -0.119. The van der Waals surface area contributed by atoms with Crippen LogP contribution in [-0.4, -0.2) is 37.5 Å². The number of nitrogens with one attached hydrogen (secondary N) is 1. The molecule has 2 aromatic heterocycles. The molecule has 0 atom stereocenters. The van der Waals surface area contributed by atoms with Gasteiger partial charge >= 0.3 is 0 Å². The first-order valence-electron chi connectivity index (χ1n) is 9.89. The van der Waals surface area contributed by atoms with Gasteiger partial charge in [-0.25, -0.2) is 0 Å². The van der Waals surface area contributed by atoms with Crippen LogP contribution in [0.3, 0.4) is 0 Å². The second-order valence-corrected chi connectivity index (χ2v) is 7.96. The van der Waals surface area contributed by atoms with Crippen LogP contribution in [-0.2, 0) is 4.79 Å². The van der Waals surface area contributed by atoms with Crippen molar-refractivity contribution in [1.29, 1.82) is 0 Å². The van der Waals surface area contributed by atoms with Gasteiger partial charge in [0.25, 0.3) is 0 Å². The molecule has 0 aliphatic carbocycles. The molecule has 152 valence electrons. The third-order valence-electron chi connectivity index (χ3n) is 5.00. The van der Waals surface area contributed by atoms with Crippen LogP contribution in [0.2, 0.25) is 0 Å². The Morgan fingerprint density at radius 2 is 1.79 bits per heavy atom. The minimum Gasteiger partial charge on any atom is -0.353 e. The number of aryl methyl sites for hydroxylation is 2. The lowest BCUT2D eigenvalue weighted by Crippen LogP contribution is -2.35. The first-order valence-corrected chi connectivity index (χ1v) is 10.9. The molecule has 0 aliphatic heterocycles. The molecule has 0 saturated heterocycles. The number of benzene rings is 1.